The number of fused-ring (bicyclic) bond motifs is 1. The van der Waals surface area contributed by atoms with E-state index in [1.165, 1.54) is 6.07 Å². The van der Waals surface area contributed by atoms with Gasteiger partial charge >= 0.3 is 0 Å². The average Bonchev–Trinajstić information content (AvgIpc) is 2.97. The number of carbonyl (C=O) groups is 1. The first-order valence-electron chi connectivity index (χ1n) is 5.10. The number of halogens is 1. The molecule has 17 heavy (non-hydrogen) atoms. The van der Waals surface area contributed by atoms with Crippen LogP contribution in [-0.4, -0.2) is 11.3 Å². The molecule has 0 spiro atoms. The SMILES string of the molecule is O=Cc1ccc(-c2cc(F)c3[nH]ccc3c2)o1. The second kappa shape index (κ2) is 3.59. The maximum Gasteiger partial charge on any atom is 0.185 e. The van der Waals surface area contributed by atoms with Crippen molar-refractivity contribution in [1.29, 1.82) is 0 Å². The summed E-state index contributed by atoms with van der Waals surface area (Å²) in [5.74, 6) is 0.371. The van der Waals surface area contributed by atoms with E-state index in [2.05, 4.69) is 4.98 Å². The second-order valence-corrected chi connectivity index (χ2v) is 3.72. The van der Waals surface area contributed by atoms with Gasteiger partial charge in [0, 0.05) is 17.1 Å². The highest BCUT2D eigenvalue weighted by Gasteiger charge is 2.09. The van der Waals surface area contributed by atoms with Gasteiger partial charge in [0.1, 0.15) is 11.6 Å². The molecule has 0 aliphatic carbocycles. The summed E-state index contributed by atoms with van der Waals surface area (Å²) in [5.41, 5.74) is 1.08. The van der Waals surface area contributed by atoms with E-state index in [-0.39, 0.29) is 11.6 Å². The number of rotatable bonds is 2. The van der Waals surface area contributed by atoms with Gasteiger partial charge in [-0.25, -0.2) is 4.39 Å². The predicted octanol–water partition coefficient (Wildman–Crippen LogP) is 3.38. The highest BCUT2D eigenvalue weighted by Crippen LogP contribution is 2.27. The van der Waals surface area contributed by atoms with Gasteiger partial charge in [-0.15, -0.1) is 0 Å². The summed E-state index contributed by atoms with van der Waals surface area (Å²) in [6.45, 7) is 0. The van der Waals surface area contributed by atoms with Crippen molar-refractivity contribution in [3.05, 3.63) is 48.1 Å². The number of aromatic amines is 1. The first-order valence-corrected chi connectivity index (χ1v) is 5.10. The lowest BCUT2D eigenvalue weighted by atomic mass is 10.1. The number of aromatic nitrogens is 1. The summed E-state index contributed by atoms with van der Waals surface area (Å²) < 4.78 is 19.0. The molecule has 0 aliphatic rings. The highest BCUT2D eigenvalue weighted by atomic mass is 19.1. The molecule has 4 heteroatoms. The largest absolute Gasteiger partial charge is 0.453 e. The van der Waals surface area contributed by atoms with Crippen LogP contribution in [0.5, 0.6) is 0 Å². The Hall–Kier alpha value is -2.36. The third kappa shape index (κ3) is 1.54. The molecule has 0 amide bonds. The average molecular weight is 229 g/mol. The maximum atomic E-state index is 13.7. The van der Waals surface area contributed by atoms with E-state index in [0.29, 0.717) is 23.1 Å². The summed E-state index contributed by atoms with van der Waals surface area (Å²) in [7, 11) is 0. The molecule has 0 bridgehead atoms. The Morgan fingerprint density at radius 3 is 2.88 bits per heavy atom. The molecule has 0 atom stereocenters. The summed E-state index contributed by atoms with van der Waals surface area (Å²) >= 11 is 0. The monoisotopic (exact) mass is 229 g/mol. The molecule has 0 unspecified atom stereocenters. The summed E-state index contributed by atoms with van der Waals surface area (Å²) in [6.07, 6.45) is 2.30. The molecule has 1 N–H and O–H groups in total. The van der Waals surface area contributed by atoms with Crippen molar-refractivity contribution in [3.8, 4) is 11.3 Å². The van der Waals surface area contributed by atoms with Crippen LogP contribution in [-0.2, 0) is 0 Å². The molecular weight excluding hydrogens is 221 g/mol. The van der Waals surface area contributed by atoms with Crippen LogP contribution in [0.15, 0.2) is 40.9 Å². The van der Waals surface area contributed by atoms with Gasteiger partial charge in [-0.2, -0.15) is 0 Å². The van der Waals surface area contributed by atoms with Crippen molar-refractivity contribution in [1.82, 2.24) is 4.98 Å². The van der Waals surface area contributed by atoms with E-state index >= 15 is 0 Å². The molecular formula is C13H8FNO2. The Labute approximate surface area is 95.9 Å². The number of nitrogens with one attached hydrogen (secondary N) is 1. The third-order valence-corrected chi connectivity index (χ3v) is 2.64. The minimum absolute atomic E-state index is 0.231. The minimum Gasteiger partial charge on any atom is -0.453 e. The van der Waals surface area contributed by atoms with E-state index in [1.807, 2.05) is 6.07 Å². The molecule has 3 aromatic rings. The molecule has 84 valence electrons. The van der Waals surface area contributed by atoms with Crippen LogP contribution in [0.1, 0.15) is 10.6 Å². The van der Waals surface area contributed by atoms with Crippen LogP contribution in [0.2, 0.25) is 0 Å². The van der Waals surface area contributed by atoms with Crippen LogP contribution < -0.4 is 0 Å². The van der Waals surface area contributed by atoms with Gasteiger partial charge in [-0.05, 0) is 30.3 Å². The summed E-state index contributed by atoms with van der Waals surface area (Å²) in [6, 6.07) is 8.18. The van der Waals surface area contributed by atoms with Crippen molar-refractivity contribution >= 4 is 17.2 Å². The lowest BCUT2D eigenvalue weighted by molar-refractivity contribution is 0.110. The Kier molecular flexibility index (Phi) is 2.08. The van der Waals surface area contributed by atoms with E-state index in [0.717, 1.165) is 5.39 Å². The zero-order valence-corrected chi connectivity index (χ0v) is 8.74. The molecule has 0 aliphatic heterocycles. The molecule has 0 radical (unpaired) electrons. The minimum atomic E-state index is -0.341. The van der Waals surface area contributed by atoms with Crippen molar-refractivity contribution in [2.45, 2.75) is 0 Å². The van der Waals surface area contributed by atoms with Crippen molar-refractivity contribution in [2.75, 3.05) is 0 Å². The van der Waals surface area contributed by atoms with Gasteiger partial charge in [-0.1, -0.05) is 0 Å². The zero-order chi connectivity index (χ0) is 11.8. The maximum absolute atomic E-state index is 13.7. The number of hydrogen-bond donors (Lipinski definition) is 1. The van der Waals surface area contributed by atoms with E-state index in [9.17, 15) is 9.18 Å². The lowest BCUT2D eigenvalue weighted by Crippen LogP contribution is -1.81. The number of furan rings is 1. The fourth-order valence-electron chi connectivity index (χ4n) is 1.84. The van der Waals surface area contributed by atoms with Crippen LogP contribution in [0.3, 0.4) is 0 Å². The van der Waals surface area contributed by atoms with Crippen molar-refractivity contribution in [3.63, 3.8) is 0 Å². The number of carbonyl (C=O) groups excluding carboxylic acids is 1. The fraction of sp³-hybridized carbons (Fsp3) is 0. The molecule has 1 aromatic carbocycles. The van der Waals surface area contributed by atoms with Crippen LogP contribution >= 0.6 is 0 Å². The third-order valence-electron chi connectivity index (χ3n) is 2.64. The van der Waals surface area contributed by atoms with Crippen molar-refractivity contribution < 1.29 is 13.6 Å². The van der Waals surface area contributed by atoms with Crippen LogP contribution in [0, 0.1) is 5.82 Å². The first-order chi connectivity index (χ1) is 8.28. The van der Waals surface area contributed by atoms with Gasteiger partial charge in [0.25, 0.3) is 0 Å². The second-order valence-electron chi connectivity index (χ2n) is 3.72. The normalized spacial score (nSPS) is 10.9. The Morgan fingerprint density at radius 1 is 1.24 bits per heavy atom. The van der Waals surface area contributed by atoms with Gasteiger partial charge in [0.15, 0.2) is 12.0 Å². The molecule has 2 aromatic heterocycles. The summed E-state index contributed by atoms with van der Waals surface area (Å²) in [4.78, 5) is 13.3. The Bertz CT molecular complexity index is 696. The topological polar surface area (TPSA) is 46.0 Å². The molecule has 3 rings (SSSR count). The van der Waals surface area contributed by atoms with Gasteiger partial charge < -0.3 is 9.40 Å². The van der Waals surface area contributed by atoms with E-state index < -0.39 is 0 Å². The molecule has 0 saturated carbocycles. The standard InChI is InChI=1S/C13H8FNO2/c14-11-6-9(5-8-3-4-15-13(8)11)12-2-1-10(7-16)17-12/h1-7,15H. The van der Waals surface area contributed by atoms with Gasteiger partial charge in [0.2, 0.25) is 0 Å². The Balaban J connectivity index is 2.19. The molecule has 3 nitrogen and oxygen atoms in total. The fourth-order valence-corrected chi connectivity index (χ4v) is 1.84. The Morgan fingerprint density at radius 2 is 2.12 bits per heavy atom. The van der Waals surface area contributed by atoms with E-state index in [4.69, 9.17) is 4.42 Å². The first kappa shape index (κ1) is 9.84. The van der Waals surface area contributed by atoms with Crippen molar-refractivity contribution in [2.24, 2.45) is 0 Å². The predicted molar refractivity (Wildman–Crippen MR) is 61.3 cm³/mol. The van der Waals surface area contributed by atoms with Crippen LogP contribution in [0.4, 0.5) is 4.39 Å². The zero-order valence-electron chi connectivity index (χ0n) is 8.74. The highest BCUT2D eigenvalue weighted by molar-refractivity contribution is 5.85. The quantitative estimate of drug-likeness (QED) is 0.684. The summed E-state index contributed by atoms with van der Waals surface area (Å²) in [5, 5.41) is 0.768. The smallest absolute Gasteiger partial charge is 0.185 e. The number of benzene rings is 1. The molecule has 0 saturated heterocycles. The number of hydrogen-bond acceptors (Lipinski definition) is 2. The van der Waals surface area contributed by atoms with Gasteiger partial charge in [-0.3, -0.25) is 4.79 Å². The van der Waals surface area contributed by atoms with E-state index in [1.54, 1.807) is 24.4 Å². The van der Waals surface area contributed by atoms with Gasteiger partial charge in [0.05, 0.1) is 5.52 Å². The molecule has 0 fully saturated rings. The number of aldehydes is 1. The number of H-pyrrole nitrogens is 1. The molecule has 2 heterocycles. The van der Waals surface area contributed by atoms with Crippen LogP contribution in [0.25, 0.3) is 22.2 Å². The lowest BCUT2D eigenvalue weighted by Gasteiger charge is -1.99.